The van der Waals surface area contributed by atoms with E-state index in [0.29, 0.717) is 6.17 Å². The van der Waals surface area contributed by atoms with Gasteiger partial charge >= 0.3 is 0 Å². The lowest BCUT2D eigenvalue weighted by molar-refractivity contribution is 0.379. The van der Waals surface area contributed by atoms with Gasteiger partial charge in [0.05, 0.1) is 6.17 Å². The summed E-state index contributed by atoms with van der Waals surface area (Å²) in [4.78, 5) is 4.65. The van der Waals surface area contributed by atoms with Crippen LogP contribution in [0.2, 0.25) is 12.6 Å². The molecule has 1 aliphatic rings. The highest BCUT2D eigenvalue weighted by Gasteiger charge is 2.25. The van der Waals surface area contributed by atoms with Crippen LogP contribution in [0.5, 0.6) is 0 Å². The summed E-state index contributed by atoms with van der Waals surface area (Å²) < 4.78 is 2.57. The van der Waals surface area contributed by atoms with Crippen LogP contribution in [-0.4, -0.2) is 32.4 Å². The van der Waals surface area contributed by atoms with Crippen molar-refractivity contribution in [3.8, 4) is 0 Å². The molecule has 1 unspecified atom stereocenters. The molecule has 1 fully saturated rings. The van der Waals surface area contributed by atoms with E-state index in [2.05, 4.69) is 47.3 Å². The van der Waals surface area contributed by atoms with Crippen molar-refractivity contribution >= 4 is 15.2 Å². The number of benzene rings is 1. The molecule has 1 saturated heterocycles. The zero-order chi connectivity index (χ0) is 11.4. The van der Waals surface area contributed by atoms with Gasteiger partial charge in [0.1, 0.15) is 8.96 Å². The standard InChI is InChI=1S/C13H19N2Si/c1-12(15-9-6-10-16(15)2)14-11-13-7-4-3-5-8-13/h3-5,7-8,11-12H,6,9-10H2,1-2H3/b14-11+. The Balaban J connectivity index is 1.96. The second kappa shape index (κ2) is 5.41. The Bertz CT molecular complexity index is 350. The van der Waals surface area contributed by atoms with Crippen LogP contribution in [0, 0.1) is 0 Å². The molecule has 16 heavy (non-hydrogen) atoms. The molecule has 0 bridgehead atoms. The molecule has 2 nitrogen and oxygen atoms in total. The fourth-order valence-corrected chi connectivity index (χ4v) is 4.36. The normalized spacial score (nSPS) is 20.6. The van der Waals surface area contributed by atoms with Gasteiger partial charge in [0.2, 0.25) is 0 Å². The van der Waals surface area contributed by atoms with Crippen LogP contribution >= 0.6 is 0 Å². The molecule has 1 heterocycles. The van der Waals surface area contributed by atoms with E-state index in [-0.39, 0.29) is 8.96 Å². The summed E-state index contributed by atoms with van der Waals surface area (Å²) in [6.45, 7) is 5.84. The third kappa shape index (κ3) is 2.80. The van der Waals surface area contributed by atoms with E-state index in [0.717, 1.165) is 0 Å². The largest absolute Gasteiger partial charge is 0.304 e. The zero-order valence-corrected chi connectivity index (χ0v) is 11.1. The third-order valence-electron chi connectivity index (χ3n) is 3.12. The SMILES string of the molecule is CC(/N=C/c1ccccc1)N1CCC[Si]1C. The first-order valence-electron chi connectivity index (χ1n) is 5.94. The summed E-state index contributed by atoms with van der Waals surface area (Å²) in [5.41, 5.74) is 1.19. The summed E-state index contributed by atoms with van der Waals surface area (Å²) in [7, 11) is -0.278. The molecule has 0 spiro atoms. The molecule has 0 amide bonds. The monoisotopic (exact) mass is 231 g/mol. The lowest BCUT2D eigenvalue weighted by Gasteiger charge is -2.24. The Hall–Kier alpha value is -0.933. The first kappa shape index (κ1) is 11.5. The van der Waals surface area contributed by atoms with Gasteiger partial charge in [-0.1, -0.05) is 36.9 Å². The molecule has 1 aromatic carbocycles. The number of aliphatic imine (C=N–C) groups is 1. The van der Waals surface area contributed by atoms with Crippen molar-refractivity contribution in [3.05, 3.63) is 35.9 Å². The smallest absolute Gasteiger partial charge is 0.135 e. The summed E-state index contributed by atoms with van der Waals surface area (Å²) in [5.74, 6) is 0. The first-order valence-corrected chi connectivity index (χ1v) is 8.10. The Labute approximate surface area is 99.7 Å². The summed E-state index contributed by atoms with van der Waals surface area (Å²) in [6.07, 6.45) is 3.70. The predicted molar refractivity (Wildman–Crippen MR) is 71.2 cm³/mol. The average Bonchev–Trinajstić information content (AvgIpc) is 2.74. The second-order valence-corrected chi connectivity index (χ2v) is 6.90. The number of hydrogen-bond donors (Lipinski definition) is 0. The fourth-order valence-electron chi connectivity index (χ4n) is 2.16. The van der Waals surface area contributed by atoms with Crippen LogP contribution in [0.1, 0.15) is 18.9 Å². The van der Waals surface area contributed by atoms with E-state index in [1.54, 1.807) is 0 Å². The molecule has 0 aliphatic carbocycles. The van der Waals surface area contributed by atoms with Crippen molar-refractivity contribution in [2.45, 2.75) is 32.1 Å². The van der Waals surface area contributed by atoms with E-state index in [9.17, 15) is 0 Å². The van der Waals surface area contributed by atoms with Crippen LogP contribution in [0.15, 0.2) is 35.3 Å². The molecule has 0 saturated carbocycles. The highest BCUT2D eigenvalue weighted by molar-refractivity contribution is 6.55. The van der Waals surface area contributed by atoms with Gasteiger partial charge in [-0.2, -0.15) is 0 Å². The topological polar surface area (TPSA) is 15.6 Å². The maximum atomic E-state index is 4.65. The lowest BCUT2D eigenvalue weighted by atomic mass is 10.2. The minimum Gasteiger partial charge on any atom is -0.304 e. The Morgan fingerprint density at radius 1 is 1.38 bits per heavy atom. The van der Waals surface area contributed by atoms with Crippen LogP contribution in [0.4, 0.5) is 0 Å². The van der Waals surface area contributed by atoms with Crippen LogP contribution < -0.4 is 0 Å². The van der Waals surface area contributed by atoms with Crippen molar-refractivity contribution in [3.63, 3.8) is 0 Å². The Morgan fingerprint density at radius 2 is 2.12 bits per heavy atom. The quantitative estimate of drug-likeness (QED) is 0.577. The molecule has 0 N–H and O–H groups in total. The molecule has 1 aromatic rings. The average molecular weight is 231 g/mol. The van der Waals surface area contributed by atoms with Gasteiger partial charge in [0, 0.05) is 6.21 Å². The van der Waals surface area contributed by atoms with Gasteiger partial charge in [0.15, 0.2) is 0 Å². The highest BCUT2D eigenvalue weighted by atomic mass is 28.3. The third-order valence-corrected chi connectivity index (χ3v) is 5.77. The minimum atomic E-state index is -0.278. The predicted octanol–water partition coefficient (Wildman–Crippen LogP) is 2.78. The number of rotatable bonds is 3. The van der Waals surface area contributed by atoms with Crippen LogP contribution in [-0.2, 0) is 0 Å². The fraction of sp³-hybridized carbons (Fsp3) is 0.462. The van der Waals surface area contributed by atoms with Gasteiger partial charge in [-0.15, -0.1) is 0 Å². The van der Waals surface area contributed by atoms with Gasteiger partial charge in [0.25, 0.3) is 0 Å². The van der Waals surface area contributed by atoms with Gasteiger partial charge < -0.3 is 4.57 Å². The molecule has 1 aliphatic heterocycles. The van der Waals surface area contributed by atoms with E-state index in [1.165, 1.54) is 24.6 Å². The van der Waals surface area contributed by atoms with E-state index in [4.69, 9.17) is 0 Å². The van der Waals surface area contributed by atoms with Crippen molar-refractivity contribution in [1.82, 2.24) is 4.57 Å². The maximum Gasteiger partial charge on any atom is 0.135 e. The molecule has 1 atom stereocenters. The summed E-state index contributed by atoms with van der Waals surface area (Å²) in [6, 6.07) is 11.7. The second-order valence-electron chi connectivity index (χ2n) is 4.35. The van der Waals surface area contributed by atoms with E-state index < -0.39 is 0 Å². The van der Waals surface area contributed by atoms with Crippen molar-refractivity contribution in [1.29, 1.82) is 0 Å². The highest BCUT2D eigenvalue weighted by Crippen LogP contribution is 2.17. The summed E-state index contributed by atoms with van der Waals surface area (Å²) in [5, 5.41) is 0. The zero-order valence-electron chi connectivity index (χ0n) is 10.1. The number of nitrogens with zero attached hydrogens (tertiary/aromatic N) is 2. The van der Waals surface area contributed by atoms with Gasteiger partial charge in [-0.25, -0.2) is 0 Å². The number of hydrogen-bond acceptors (Lipinski definition) is 2. The lowest BCUT2D eigenvalue weighted by Crippen LogP contribution is -2.37. The molecule has 3 heteroatoms. The van der Waals surface area contributed by atoms with E-state index in [1.807, 2.05) is 12.3 Å². The molecule has 1 radical (unpaired) electrons. The van der Waals surface area contributed by atoms with Crippen molar-refractivity contribution in [2.75, 3.05) is 6.54 Å². The minimum absolute atomic E-state index is 0.278. The maximum absolute atomic E-state index is 4.65. The van der Waals surface area contributed by atoms with Gasteiger partial charge in [-0.05, 0) is 31.5 Å². The molecular formula is C13H19N2Si. The Kier molecular flexibility index (Phi) is 3.91. The van der Waals surface area contributed by atoms with Crippen molar-refractivity contribution < 1.29 is 0 Å². The molecular weight excluding hydrogens is 212 g/mol. The van der Waals surface area contributed by atoms with Crippen molar-refractivity contribution in [2.24, 2.45) is 4.99 Å². The molecule has 0 aromatic heterocycles. The van der Waals surface area contributed by atoms with E-state index >= 15 is 0 Å². The summed E-state index contributed by atoms with van der Waals surface area (Å²) >= 11 is 0. The van der Waals surface area contributed by atoms with Gasteiger partial charge in [-0.3, -0.25) is 4.99 Å². The first-order chi connectivity index (χ1) is 7.77. The molecule has 85 valence electrons. The van der Waals surface area contributed by atoms with Crippen LogP contribution in [0.3, 0.4) is 0 Å². The van der Waals surface area contributed by atoms with Crippen LogP contribution in [0.25, 0.3) is 0 Å². The Morgan fingerprint density at radius 3 is 2.75 bits per heavy atom. The molecule has 2 rings (SSSR count).